The van der Waals surface area contributed by atoms with Crippen molar-refractivity contribution in [3.63, 3.8) is 0 Å². The number of nitrogens with one attached hydrogen (secondary N) is 1. The lowest BCUT2D eigenvalue weighted by molar-refractivity contribution is -0.120. The highest BCUT2D eigenvalue weighted by molar-refractivity contribution is 5.95. The van der Waals surface area contributed by atoms with Crippen LogP contribution >= 0.6 is 0 Å². The van der Waals surface area contributed by atoms with Gasteiger partial charge in [0.25, 0.3) is 0 Å². The molecule has 0 radical (unpaired) electrons. The molecule has 1 aromatic carbocycles. The number of carbonyl (C=O) groups is 1. The number of hydrogen-bond donors (Lipinski definition) is 1. The van der Waals surface area contributed by atoms with E-state index in [9.17, 15) is 14.4 Å². The monoisotopic (exact) mass is 375 g/mol. The van der Waals surface area contributed by atoms with E-state index in [-0.39, 0.29) is 17.6 Å². The average molecular weight is 375 g/mol. The van der Waals surface area contributed by atoms with Crippen LogP contribution < -0.4 is 10.2 Å². The molecule has 0 unspecified atom stereocenters. The van der Waals surface area contributed by atoms with Gasteiger partial charge in [-0.3, -0.25) is 14.8 Å². The van der Waals surface area contributed by atoms with Crippen LogP contribution in [0.5, 0.6) is 0 Å². The van der Waals surface area contributed by atoms with Gasteiger partial charge >= 0.3 is 0 Å². The van der Waals surface area contributed by atoms with Crippen LogP contribution in [0.1, 0.15) is 18.4 Å². The van der Waals surface area contributed by atoms with E-state index >= 15 is 0 Å². The molecule has 0 saturated carbocycles. The Kier molecular flexibility index (Phi) is 4.85. The molecule has 1 fully saturated rings. The fourth-order valence-corrected chi connectivity index (χ4v) is 3.62. The molecule has 140 valence electrons. The Bertz CT molecular complexity index is 1060. The summed E-state index contributed by atoms with van der Waals surface area (Å²) in [5.41, 5.74) is 2.43. The van der Waals surface area contributed by atoms with Crippen molar-refractivity contribution < 1.29 is 9.18 Å². The van der Waals surface area contributed by atoms with Crippen LogP contribution in [0.25, 0.3) is 10.9 Å². The van der Waals surface area contributed by atoms with Crippen molar-refractivity contribution in [2.45, 2.75) is 12.8 Å². The summed E-state index contributed by atoms with van der Waals surface area (Å²) < 4.78 is 13.8. The van der Waals surface area contributed by atoms with Gasteiger partial charge in [-0.25, -0.2) is 4.39 Å². The molecule has 0 atom stereocenters. The van der Waals surface area contributed by atoms with Crippen LogP contribution in [0.15, 0.2) is 48.9 Å². The number of benzene rings is 1. The Labute approximate surface area is 161 Å². The summed E-state index contributed by atoms with van der Waals surface area (Å²) >= 11 is 0. The molecule has 3 aromatic rings. The molecule has 0 aliphatic carbocycles. The van der Waals surface area contributed by atoms with Gasteiger partial charge in [-0.2, -0.15) is 5.26 Å². The minimum atomic E-state index is -0.364. The van der Waals surface area contributed by atoms with Crippen LogP contribution in [-0.2, 0) is 4.79 Å². The second-order valence-electron chi connectivity index (χ2n) is 6.79. The lowest BCUT2D eigenvalue weighted by Crippen LogP contribution is -2.38. The normalized spacial score (nSPS) is 14.6. The minimum absolute atomic E-state index is 0.0289. The third-order valence-electron chi connectivity index (χ3n) is 5.03. The van der Waals surface area contributed by atoms with Crippen molar-refractivity contribution in [1.29, 1.82) is 5.26 Å². The van der Waals surface area contributed by atoms with Gasteiger partial charge in [-0.15, -0.1) is 0 Å². The molecule has 1 aliphatic rings. The number of anilines is 2. The minimum Gasteiger partial charge on any atom is -0.370 e. The molecule has 1 amide bonds. The fraction of sp³-hybridized carbons (Fsp3) is 0.238. The molecule has 7 heteroatoms. The van der Waals surface area contributed by atoms with Gasteiger partial charge in [-0.1, -0.05) is 0 Å². The van der Waals surface area contributed by atoms with E-state index in [2.05, 4.69) is 26.3 Å². The first-order valence-corrected chi connectivity index (χ1v) is 9.10. The Hall–Kier alpha value is -3.53. The third-order valence-corrected chi connectivity index (χ3v) is 5.03. The van der Waals surface area contributed by atoms with E-state index in [0.29, 0.717) is 53.8 Å². The van der Waals surface area contributed by atoms with Gasteiger partial charge in [0.05, 0.1) is 28.7 Å². The number of nitrogens with zero attached hydrogens (tertiary/aromatic N) is 4. The molecule has 2 aromatic heterocycles. The predicted molar refractivity (Wildman–Crippen MR) is 104 cm³/mol. The maximum atomic E-state index is 13.8. The second-order valence-corrected chi connectivity index (χ2v) is 6.79. The first kappa shape index (κ1) is 17.9. The number of halogens is 1. The van der Waals surface area contributed by atoms with Gasteiger partial charge in [0.15, 0.2) is 0 Å². The molecule has 1 aliphatic heterocycles. The summed E-state index contributed by atoms with van der Waals surface area (Å²) in [7, 11) is 0. The molecule has 4 rings (SSSR count). The topological polar surface area (TPSA) is 81.9 Å². The summed E-state index contributed by atoms with van der Waals surface area (Å²) in [5, 5.41) is 13.0. The van der Waals surface area contributed by atoms with Crippen molar-refractivity contribution in [3.8, 4) is 6.07 Å². The summed E-state index contributed by atoms with van der Waals surface area (Å²) in [5.74, 6) is -0.512. The number of amides is 1. The highest BCUT2D eigenvalue weighted by Crippen LogP contribution is 2.33. The number of fused-ring (bicyclic) bond motifs is 1. The van der Waals surface area contributed by atoms with Crippen molar-refractivity contribution in [3.05, 3.63) is 60.3 Å². The van der Waals surface area contributed by atoms with Crippen LogP contribution in [0.3, 0.4) is 0 Å². The number of aromatic nitrogens is 2. The molecule has 0 spiro atoms. The summed E-state index contributed by atoms with van der Waals surface area (Å²) in [6.07, 6.45) is 6.09. The lowest BCUT2D eigenvalue weighted by Gasteiger charge is -2.34. The van der Waals surface area contributed by atoms with Crippen molar-refractivity contribution in [2.24, 2.45) is 5.92 Å². The van der Waals surface area contributed by atoms with Crippen molar-refractivity contribution in [2.75, 3.05) is 23.3 Å². The summed E-state index contributed by atoms with van der Waals surface area (Å²) in [4.78, 5) is 22.8. The van der Waals surface area contributed by atoms with Crippen LogP contribution in [0.4, 0.5) is 15.8 Å². The zero-order chi connectivity index (χ0) is 19.5. The Morgan fingerprint density at radius 1 is 1.25 bits per heavy atom. The zero-order valence-electron chi connectivity index (χ0n) is 15.1. The predicted octanol–water partition coefficient (Wildman–Crippen LogP) is 3.50. The summed E-state index contributed by atoms with van der Waals surface area (Å²) in [6.45, 7) is 1.21. The van der Waals surface area contributed by atoms with E-state index in [1.54, 1.807) is 30.6 Å². The van der Waals surface area contributed by atoms with Crippen LogP contribution in [-0.4, -0.2) is 29.0 Å². The third kappa shape index (κ3) is 3.49. The van der Waals surface area contributed by atoms with Crippen molar-refractivity contribution in [1.82, 2.24) is 9.97 Å². The molecular weight excluding hydrogens is 357 g/mol. The maximum Gasteiger partial charge on any atom is 0.227 e. The van der Waals surface area contributed by atoms with Gasteiger partial charge < -0.3 is 10.2 Å². The van der Waals surface area contributed by atoms with Gasteiger partial charge in [-0.05, 0) is 43.2 Å². The SMILES string of the molecule is N#Cc1cnc2ccc(F)cc2c1N1CCC(C(=O)Nc2cccnc2)CC1. The molecule has 1 N–H and O–H groups in total. The number of hydrogen-bond acceptors (Lipinski definition) is 5. The largest absolute Gasteiger partial charge is 0.370 e. The van der Waals surface area contributed by atoms with Crippen LogP contribution in [0, 0.1) is 23.1 Å². The number of pyridine rings is 2. The van der Waals surface area contributed by atoms with Gasteiger partial charge in [0.2, 0.25) is 5.91 Å². The smallest absolute Gasteiger partial charge is 0.227 e. The molecule has 6 nitrogen and oxygen atoms in total. The van der Waals surface area contributed by atoms with Crippen LogP contribution in [0.2, 0.25) is 0 Å². The van der Waals surface area contributed by atoms with E-state index < -0.39 is 0 Å². The highest BCUT2D eigenvalue weighted by Gasteiger charge is 2.27. The number of piperidine rings is 1. The van der Waals surface area contributed by atoms with Gasteiger partial charge in [0, 0.05) is 36.8 Å². The number of nitriles is 1. The van der Waals surface area contributed by atoms with E-state index in [1.165, 1.54) is 18.3 Å². The Morgan fingerprint density at radius 2 is 2.07 bits per heavy atom. The summed E-state index contributed by atoms with van der Waals surface area (Å²) in [6, 6.07) is 10.1. The average Bonchev–Trinajstić information content (AvgIpc) is 2.73. The standard InChI is InChI=1S/C21H18FN5O/c22-16-3-4-19-18(10-16)20(15(11-23)12-25-19)27-8-5-14(6-9-27)21(28)26-17-2-1-7-24-13-17/h1-4,7,10,12-14H,5-6,8-9H2,(H,26,28). The number of carbonyl (C=O) groups excluding carboxylic acids is 1. The number of rotatable bonds is 3. The molecule has 28 heavy (non-hydrogen) atoms. The van der Waals surface area contributed by atoms with E-state index in [0.717, 1.165) is 0 Å². The van der Waals surface area contributed by atoms with E-state index in [4.69, 9.17) is 0 Å². The Balaban J connectivity index is 1.53. The molecule has 1 saturated heterocycles. The van der Waals surface area contributed by atoms with E-state index in [1.807, 2.05) is 0 Å². The van der Waals surface area contributed by atoms with Gasteiger partial charge in [0.1, 0.15) is 11.9 Å². The molecule has 0 bridgehead atoms. The first-order chi connectivity index (χ1) is 13.7. The molecule has 3 heterocycles. The highest BCUT2D eigenvalue weighted by atomic mass is 19.1. The fourth-order valence-electron chi connectivity index (χ4n) is 3.62. The second kappa shape index (κ2) is 7.61. The lowest BCUT2D eigenvalue weighted by atomic mass is 9.94. The maximum absolute atomic E-state index is 13.8. The Morgan fingerprint density at radius 3 is 2.79 bits per heavy atom. The first-order valence-electron chi connectivity index (χ1n) is 9.10. The van der Waals surface area contributed by atoms with Crippen molar-refractivity contribution >= 4 is 28.2 Å². The quantitative estimate of drug-likeness (QED) is 0.758. The molecular formula is C21H18FN5O. The zero-order valence-corrected chi connectivity index (χ0v) is 15.1.